The molecule has 1 aromatic heterocycles. The van der Waals surface area contributed by atoms with Gasteiger partial charge >= 0.3 is 0 Å². The normalized spacial score (nSPS) is 19.3. The van der Waals surface area contributed by atoms with Crippen LogP contribution in [0.15, 0.2) is 0 Å². The molecule has 0 radical (unpaired) electrons. The molecule has 1 atom stereocenters. The Hall–Kier alpha value is -0.480. The minimum Gasteiger partial charge on any atom is -0.323 e. The Morgan fingerprint density at radius 3 is 2.61 bits per heavy atom. The summed E-state index contributed by atoms with van der Waals surface area (Å²) in [6.45, 7) is 6.53. The van der Waals surface area contributed by atoms with Crippen molar-refractivity contribution >= 4 is 11.5 Å². The van der Waals surface area contributed by atoms with E-state index in [-0.39, 0.29) is 11.5 Å². The van der Waals surface area contributed by atoms with Gasteiger partial charge in [-0.15, -0.1) is 5.10 Å². The molecule has 18 heavy (non-hydrogen) atoms. The van der Waals surface area contributed by atoms with E-state index >= 15 is 0 Å². The second kappa shape index (κ2) is 5.66. The summed E-state index contributed by atoms with van der Waals surface area (Å²) in [6.07, 6.45) is 7.98. The van der Waals surface area contributed by atoms with Crippen molar-refractivity contribution in [3.05, 3.63) is 10.6 Å². The topological polar surface area (TPSA) is 51.8 Å². The quantitative estimate of drug-likeness (QED) is 0.902. The molecule has 1 aliphatic carbocycles. The SMILES string of the molecule is CC(C)(C)c1nnsc1C(N)CCC1CCCC1. The fraction of sp³-hybridized carbons (Fsp3) is 0.857. The second-order valence-electron chi connectivity index (χ2n) is 6.57. The number of nitrogens with zero attached hydrogens (tertiary/aromatic N) is 2. The molecule has 1 unspecified atom stereocenters. The summed E-state index contributed by atoms with van der Waals surface area (Å²) in [7, 11) is 0. The van der Waals surface area contributed by atoms with Gasteiger partial charge in [0.2, 0.25) is 0 Å². The van der Waals surface area contributed by atoms with Crippen LogP contribution >= 0.6 is 11.5 Å². The number of hydrogen-bond donors (Lipinski definition) is 1. The molecule has 1 fully saturated rings. The Morgan fingerprint density at radius 2 is 2.00 bits per heavy atom. The number of hydrogen-bond acceptors (Lipinski definition) is 4. The van der Waals surface area contributed by atoms with Crippen LogP contribution in [0.3, 0.4) is 0 Å². The summed E-state index contributed by atoms with van der Waals surface area (Å²) in [5.41, 5.74) is 7.48. The van der Waals surface area contributed by atoms with E-state index in [1.807, 2.05) is 0 Å². The average Bonchev–Trinajstić information content (AvgIpc) is 2.95. The number of rotatable bonds is 4. The minimum atomic E-state index is 0.0489. The van der Waals surface area contributed by atoms with Crippen molar-refractivity contribution in [2.24, 2.45) is 11.7 Å². The third kappa shape index (κ3) is 3.29. The molecule has 0 bridgehead atoms. The Morgan fingerprint density at radius 1 is 1.33 bits per heavy atom. The molecule has 3 nitrogen and oxygen atoms in total. The first-order valence-corrected chi connectivity index (χ1v) is 7.84. The van der Waals surface area contributed by atoms with E-state index in [1.54, 1.807) is 0 Å². The number of aromatic nitrogens is 2. The van der Waals surface area contributed by atoms with Crippen LogP contribution in [0.5, 0.6) is 0 Å². The van der Waals surface area contributed by atoms with Crippen molar-refractivity contribution in [3.8, 4) is 0 Å². The van der Waals surface area contributed by atoms with Crippen LogP contribution in [0, 0.1) is 5.92 Å². The first kappa shape index (κ1) is 13.9. The van der Waals surface area contributed by atoms with Gasteiger partial charge < -0.3 is 5.73 Å². The van der Waals surface area contributed by atoms with Gasteiger partial charge in [-0.25, -0.2) is 0 Å². The summed E-state index contributed by atoms with van der Waals surface area (Å²) in [5, 5.41) is 4.28. The molecule has 1 aromatic rings. The Balaban J connectivity index is 1.96. The lowest BCUT2D eigenvalue weighted by Crippen LogP contribution is -2.19. The van der Waals surface area contributed by atoms with E-state index in [9.17, 15) is 0 Å². The van der Waals surface area contributed by atoms with Crippen LogP contribution in [-0.2, 0) is 5.41 Å². The van der Waals surface area contributed by atoms with E-state index < -0.39 is 0 Å². The maximum Gasteiger partial charge on any atom is 0.0856 e. The van der Waals surface area contributed by atoms with Gasteiger partial charge in [0.1, 0.15) is 0 Å². The zero-order valence-electron chi connectivity index (χ0n) is 11.8. The number of nitrogens with two attached hydrogens (primary N) is 1. The molecule has 4 heteroatoms. The van der Waals surface area contributed by atoms with Crippen molar-refractivity contribution in [1.29, 1.82) is 0 Å². The van der Waals surface area contributed by atoms with Gasteiger partial charge in [0, 0.05) is 11.5 Å². The molecule has 0 saturated heterocycles. The molecule has 2 rings (SSSR count). The van der Waals surface area contributed by atoms with Crippen LogP contribution in [0.4, 0.5) is 0 Å². The van der Waals surface area contributed by atoms with E-state index in [0.717, 1.165) is 18.0 Å². The van der Waals surface area contributed by atoms with Crippen LogP contribution in [0.1, 0.15) is 75.9 Å². The summed E-state index contributed by atoms with van der Waals surface area (Å²) in [6, 6.07) is 0.125. The van der Waals surface area contributed by atoms with Crippen molar-refractivity contribution in [3.63, 3.8) is 0 Å². The Labute approximate surface area is 114 Å². The van der Waals surface area contributed by atoms with Gasteiger partial charge in [-0.1, -0.05) is 50.9 Å². The van der Waals surface area contributed by atoms with Crippen molar-refractivity contribution in [2.75, 3.05) is 0 Å². The maximum absolute atomic E-state index is 6.35. The molecule has 0 amide bonds. The highest BCUT2D eigenvalue weighted by molar-refractivity contribution is 7.05. The molecule has 0 aromatic carbocycles. The van der Waals surface area contributed by atoms with Crippen molar-refractivity contribution in [2.45, 2.75) is 70.8 Å². The van der Waals surface area contributed by atoms with Crippen LogP contribution < -0.4 is 5.73 Å². The predicted molar refractivity (Wildman–Crippen MR) is 76.7 cm³/mol. The molecule has 102 valence electrons. The Bertz CT molecular complexity index is 375. The van der Waals surface area contributed by atoms with Gasteiger partial charge in [-0.3, -0.25) is 0 Å². The second-order valence-corrected chi connectivity index (χ2v) is 7.36. The van der Waals surface area contributed by atoms with Crippen molar-refractivity contribution in [1.82, 2.24) is 9.59 Å². The first-order valence-electron chi connectivity index (χ1n) is 7.07. The highest BCUT2D eigenvalue weighted by Crippen LogP contribution is 2.34. The summed E-state index contributed by atoms with van der Waals surface area (Å²) >= 11 is 1.48. The Kier molecular flexibility index (Phi) is 4.38. The van der Waals surface area contributed by atoms with Gasteiger partial charge in [0.15, 0.2) is 0 Å². The van der Waals surface area contributed by atoms with Gasteiger partial charge in [-0.2, -0.15) is 0 Å². The molecule has 1 heterocycles. The molecule has 0 spiro atoms. The van der Waals surface area contributed by atoms with Crippen LogP contribution in [0.25, 0.3) is 0 Å². The monoisotopic (exact) mass is 267 g/mol. The first-order chi connectivity index (χ1) is 8.48. The van der Waals surface area contributed by atoms with Crippen molar-refractivity contribution < 1.29 is 0 Å². The van der Waals surface area contributed by atoms with Gasteiger partial charge in [-0.05, 0) is 30.3 Å². The van der Waals surface area contributed by atoms with E-state index in [4.69, 9.17) is 5.73 Å². The third-order valence-corrected chi connectivity index (χ3v) is 4.78. The molecule has 1 aliphatic rings. The van der Waals surface area contributed by atoms with Gasteiger partial charge in [0.05, 0.1) is 10.6 Å². The molecule has 2 N–H and O–H groups in total. The van der Waals surface area contributed by atoms with Gasteiger partial charge in [0.25, 0.3) is 0 Å². The molecule has 0 aliphatic heterocycles. The minimum absolute atomic E-state index is 0.0489. The lowest BCUT2D eigenvalue weighted by molar-refractivity contribution is 0.451. The lowest BCUT2D eigenvalue weighted by Gasteiger charge is -2.20. The third-order valence-electron chi connectivity index (χ3n) is 3.92. The lowest BCUT2D eigenvalue weighted by atomic mass is 9.89. The van der Waals surface area contributed by atoms with E-state index in [1.165, 1.54) is 48.5 Å². The fourth-order valence-corrected chi connectivity index (χ4v) is 3.70. The zero-order valence-corrected chi connectivity index (χ0v) is 12.6. The fourth-order valence-electron chi connectivity index (χ4n) is 2.81. The standard InChI is InChI=1S/C14H25N3S/c1-14(2,3)13-12(18-17-16-13)11(15)9-8-10-6-4-5-7-10/h10-11H,4-9,15H2,1-3H3. The van der Waals surface area contributed by atoms with Crippen LogP contribution in [0.2, 0.25) is 0 Å². The predicted octanol–water partition coefficient (Wildman–Crippen LogP) is 3.81. The average molecular weight is 267 g/mol. The molecular formula is C14H25N3S. The summed E-state index contributed by atoms with van der Waals surface area (Å²) < 4.78 is 4.10. The van der Waals surface area contributed by atoms with Crippen LogP contribution in [-0.4, -0.2) is 9.59 Å². The molecular weight excluding hydrogens is 242 g/mol. The highest BCUT2D eigenvalue weighted by Gasteiger charge is 2.26. The van der Waals surface area contributed by atoms with E-state index in [2.05, 4.69) is 30.4 Å². The zero-order chi connectivity index (χ0) is 13.2. The highest BCUT2D eigenvalue weighted by atomic mass is 32.1. The molecule has 1 saturated carbocycles. The smallest absolute Gasteiger partial charge is 0.0856 e. The summed E-state index contributed by atoms with van der Waals surface area (Å²) in [4.78, 5) is 1.19. The van der Waals surface area contributed by atoms with E-state index in [0.29, 0.717) is 0 Å². The summed E-state index contributed by atoms with van der Waals surface area (Å²) in [5.74, 6) is 0.912. The largest absolute Gasteiger partial charge is 0.323 e. The maximum atomic E-state index is 6.35.